The molecule has 0 fully saturated rings. The molecule has 3 nitrogen and oxygen atoms in total. The van der Waals surface area contributed by atoms with Crippen LogP contribution >= 0.6 is 11.6 Å². The molecule has 0 aliphatic heterocycles. The number of pyridine rings is 1. The second kappa shape index (κ2) is 6.02. The van der Waals surface area contributed by atoms with Crippen LogP contribution in [-0.2, 0) is 6.42 Å². The number of nitrogens with one attached hydrogen (secondary N) is 1. The molecule has 0 aliphatic rings. The van der Waals surface area contributed by atoms with E-state index in [1.807, 2.05) is 48.5 Å². The van der Waals surface area contributed by atoms with Gasteiger partial charge in [0.1, 0.15) is 0 Å². The van der Waals surface area contributed by atoms with E-state index in [-0.39, 0.29) is 0 Å². The Morgan fingerprint density at radius 2 is 1.86 bits per heavy atom. The topological polar surface area (TPSA) is 50.9 Å². The zero-order chi connectivity index (χ0) is 14.7. The minimum atomic E-state index is 0.751. The summed E-state index contributed by atoms with van der Waals surface area (Å²) in [6.07, 6.45) is 2.71. The molecule has 0 saturated heterocycles. The molecular weight excluding hydrogens is 282 g/mol. The van der Waals surface area contributed by atoms with E-state index in [1.165, 1.54) is 5.56 Å². The van der Waals surface area contributed by atoms with Crippen molar-refractivity contribution in [1.82, 2.24) is 4.98 Å². The van der Waals surface area contributed by atoms with Crippen LogP contribution in [0, 0.1) is 0 Å². The summed E-state index contributed by atoms with van der Waals surface area (Å²) < 4.78 is 0. The Labute approximate surface area is 128 Å². The van der Waals surface area contributed by atoms with E-state index in [1.54, 1.807) is 6.20 Å². The Morgan fingerprint density at radius 1 is 1.05 bits per heavy atom. The second-order valence-electron chi connectivity index (χ2n) is 4.91. The molecule has 0 aliphatic carbocycles. The molecule has 0 radical (unpaired) electrons. The molecule has 0 saturated carbocycles. The van der Waals surface area contributed by atoms with Crippen LogP contribution in [0.2, 0.25) is 5.02 Å². The highest BCUT2D eigenvalue weighted by Crippen LogP contribution is 2.26. The minimum Gasteiger partial charge on any atom is -0.398 e. The molecule has 0 atom stereocenters. The Kier molecular flexibility index (Phi) is 3.93. The number of benzene rings is 2. The molecule has 4 heteroatoms. The third-order valence-corrected chi connectivity index (χ3v) is 3.70. The van der Waals surface area contributed by atoms with Gasteiger partial charge in [0.05, 0.1) is 11.2 Å². The predicted molar refractivity (Wildman–Crippen MR) is 89.8 cm³/mol. The molecule has 21 heavy (non-hydrogen) atoms. The Morgan fingerprint density at radius 3 is 2.67 bits per heavy atom. The van der Waals surface area contributed by atoms with Gasteiger partial charge in [-0.2, -0.15) is 0 Å². The van der Waals surface area contributed by atoms with E-state index in [2.05, 4.69) is 10.3 Å². The zero-order valence-corrected chi connectivity index (χ0v) is 12.3. The summed E-state index contributed by atoms with van der Waals surface area (Å²) in [5.74, 6) is 0. The molecule has 2 aromatic carbocycles. The summed E-state index contributed by atoms with van der Waals surface area (Å²) in [7, 11) is 0. The van der Waals surface area contributed by atoms with Crippen molar-refractivity contribution in [3.63, 3.8) is 0 Å². The number of anilines is 2. The van der Waals surface area contributed by atoms with Crippen molar-refractivity contribution >= 4 is 33.9 Å². The average molecular weight is 298 g/mol. The SMILES string of the molecule is Nc1ccc(NCCc2ccc(Cl)cc2)c2ncccc12. The van der Waals surface area contributed by atoms with E-state index in [0.29, 0.717) is 0 Å². The van der Waals surface area contributed by atoms with E-state index < -0.39 is 0 Å². The summed E-state index contributed by atoms with van der Waals surface area (Å²) in [6, 6.07) is 15.7. The maximum absolute atomic E-state index is 5.98. The van der Waals surface area contributed by atoms with Crippen molar-refractivity contribution in [2.45, 2.75) is 6.42 Å². The number of hydrogen-bond donors (Lipinski definition) is 2. The molecular formula is C17H16ClN3. The molecule has 1 heterocycles. The van der Waals surface area contributed by atoms with Crippen LogP contribution in [0.4, 0.5) is 11.4 Å². The number of aromatic nitrogens is 1. The van der Waals surface area contributed by atoms with Crippen LogP contribution in [0.25, 0.3) is 10.9 Å². The fourth-order valence-corrected chi connectivity index (χ4v) is 2.46. The average Bonchev–Trinajstić information content (AvgIpc) is 2.52. The molecule has 0 bridgehead atoms. The standard InChI is InChI=1S/C17H16ClN3/c18-13-5-3-12(4-6-13)9-11-20-16-8-7-15(19)14-2-1-10-21-17(14)16/h1-8,10,20H,9,11,19H2. The van der Waals surface area contributed by atoms with Crippen LogP contribution in [0.3, 0.4) is 0 Å². The van der Waals surface area contributed by atoms with E-state index >= 15 is 0 Å². The molecule has 0 amide bonds. The summed E-state index contributed by atoms with van der Waals surface area (Å²) in [6.45, 7) is 0.831. The van der Waals surface area contributed by atoms with E-state index in [4.69, 9.17) is 17.3 Å². The molecule has 0 spiro atoms. The van der Waals surface area contributed by atoms with Gasteiger partial charge in [0, 0.05) is 28.8 Å². The number of hydrogen-bond acceptors (Lipinski definition) is 3. The lowest BCUT2D eigenvalue weighted by Crippen LogP contribution is -2.06. The quantitative estimate of drug-likeness (QED) is 0.712. The number of fused-ring (bicyclic) bond motifs is 1. The lowest BCUT2D eigenvalue weighted by molar-refractivity contribution is 1.02. The number of nitrogen functional groups attached to an aromatic ring is 1. The van der Waals surface area contributed by atoms with Gasteiger partial charge in [-0.25, -0.2) is 0 Å². The smallest absolute Gasteiger partial charge is 0.0953 e. The molecule has 106 valence electrons. The van der Waals surface area contributed by atoms with Crippen LogP contribution in [0.15, 0.2) is 54.7 Å². The first-order valence-electron chi connectivity index (χ1n) is 6.85. The Hall–Kier alpha value is -2.26. The molecule has 3 aromatic rings. The predicted octanol–water partition coefficient (Wildman–Crippen LogP) is 4.13. The highest BCUT2D eigenvalue weighted by atomic mass is 35.5. The van der Waals surface area contributed by atoms with Gasteiger partial charge in [0.25, 0.3) is 0 Å². The first kappa shape index (κ1) is 13.7. The largest absolute Gasteiger partial charge is 0.398 e. The van der Waals surface area contributed by atoms with Gasteiger partial charge >= 0.3 is 0 Å². The monoisotopic (exact) mass is 297 g/mol. The number of rotatable bonds is 4. The Balaban J connectivity index is 1.74. The van der Waals surface area contributed by atoms with Gasteiger partial charge in [-0.05, 0) is 48.4 Å². The summed E-state index contributed by atoms with van der Waals surface area (Å²) in [5, 5.41) is 5.17. The summed E-state index contributed by atoms with van der Waals surface area (Å²) in [5.41, 5.74) is 9.90. The Bertz CT molecular complexity index is 754. The summed E-state index contributed by atoms with van der Waals surface area (Å²) in [4.78, 5) is 4.42. The third kappa shape index (κ3) is 3.09. The number of nitrogens with two attached hydrogens (primary N) is 1. The van der Waals surface area contributed by atoms with Gasteiger partial charge in [0.15, 0.2) is 0 Å². The van der Waals surface area contributed by atoms with Crippen molar-refractivity contribution in [3.8, 4) is 0 Å². The number of nitrogens with zero attached hydrogens (tertiary/aromatic N) is 1. The van der Waals surface area contributed by atoms with Crippen molar-refractivity contribution in [2.24, 2.45) is 0 Å². The fourth-order valence-electron chi connectivity index (χ4n) is 2.33. The zero-order valence-electron chi connectivity index (χ0n) is 11.5. The minimum absolute atomic E-state index is 0.751. The molecule has 3 N–H and O–H groups in total. The van der Waals surface area contributed by atoms with Gasteiger partial charge in [0.2, 0.25) is 0 Å². The van der Waals surface area contributed by atoms with Crippen molar-refractivity contribution in [3.05, 3.63) is 65.3 Å². The van der Waals surface area contributed by atoms with Crippen molar-refractivity contribution in [2.75, 3.05) is 17.6 Å². The van der Waals surface area contributed by atoms with Crippen molar-refractivity contribution in [1.29, 1.82) is 0 Å². The van der Waals surface area contributed by atoms with Gasteiger partial charge in [-0.1, -0.05) is 23.7 Å². The molecule has 1 aromatic heterocycles. The third-order valence-electron chi connectivity index (χ3n) is 3.45. The van der Waals surface area contributed by atoms with E-state index in [0.717, 1.165) is 40.3 Å². The maximum Gasteiger partial charge on any atom is 0.0953 e. The van der Waals surface area contributed by atoms with Crippen LogP contribution in [-0.4, -0.2) is 11.5 Å². The first-order chi connectivity index (χ1) is 10.2. The summed E-state index contributed by atoms with van der Waals surface area (Å²) >= 11 is 5.89. The van der Waals surface area contributed by atoms with Gasteiger partial charge < -0.3 is 11.1 Å². The van der Waals surface area contributed by atoms with Gasteiger partial charge in [-0.3, -0.25) is 4.98 Å². The van der Waals surface area contributed by atoms with Crippen LogP contribution in [0.5, 0.6) is 0 Å². The van der Waals surface area contributed by atoms with E-state index in [9.17, 15) is 0 Å². The normalized spacial score (nSPS) is 10.7. The first-order valence-corrected chi connectivity index (χ1v) is 7.23. The lowest BCUT2D eigenvalue weighted by Gasteiger charge is -2.10. The van der Waals surface area contributed by atoms with Gasteiger partial charge in [-0.15, -0.1) is 0 Å². The van der Waals surface area contributed by atoms with Crippen LogP contribution < -0.4 is 11.1 Å². The van der Waals surface area contributed by atoms with Crippen molar-refractivity contribution < 1.29 is 0 Å². The molecule has 3 rings (SSSR count). The van der Waals surface area contributed by atoms with Crippen LogP contribution in [0.1, 0.15) is 5.56 Å². The lowest BCUT2D eigenvalue weighted by atomic mass is 10.1. The number of halogens is 1. The molecule has 0 unspecified atom stereocenters. The fraction of sp³-hybridized carbons (Fsp3) is 0.118. The highest BCUT2D eigenvalue weighted by molar-refractivity contribution is 6.30. The maximum atomic E-state index is 5.98. The second-order valence-corrected chi connectivity index (χ2v) is 5.34. The highest BCUT2D eigenvalue weighted by Gasteiger charge is 2.04.